The Morgan fingerprint density at radius 1 is 0.560 bits per heavy atom. The number of aliphatic carboxylic acids is 1. The first-order valence-corrected chi connectivity index (χ1v) is 54.0. The number of urea groups is 1. The number of rotatable bonds is 79. The van der Waals surface area contributed by atoms with E-state index in [0.29, 0.717) is 223 Å². The number of likely N-dealkylation sites (tertiary alicyclic amines) is 2. The molecule has 0 bridgehead atoms. The van der Waals surface area contributed by atoms with E-state index in [4.69, 9.17) is 71.4 Å². The smallest absolute Gasteiger partial charge is 0.328 e. The van der Waals surface area contributed by atoms with Gasteiger partial charge in [0.2, 0.25) is 23.6 Å². The molecular formula is C112H165F2N11O25. The average Bonchev–Trinajstić information content (AvgIpc) is 1.65. The molecule has 832 valence electrons. The van der Waals surface area contributed by atoms with Gasteiger partial charge in [0.25, 0.3) is 11.8 Å². The second-order valence-electron chi connectivity index (χ2n) is 39.6. The van der Waals surface area contributed by atoms with Crippen LogP contribution in [0, 0.1) is 29.4 Å². The van der Waals surface area contributed by atoms with E-state index in [1.165, 1.54) is 87.5 Å². The lowest BCUT2D eigenvalue weighted by Crippen LogP contribution is -2.50. The molecule has 2 aromatic heterocycles. The van der Waals surface area contributed by atoms with Gasteiger partial charge in [0.1, 0.15) is 35.0 Å². The molecule has 6 aromatic rings. The number of hydrogen-bond donors (Lipinski definition) is 6. The number of hydrogen-bond acceptors (Lipinski definition) is 27. The number of halogens is 2. The molecule has 1 atom stereocenters. The number of methoxy groups -OCH3 is 1. The molecule has 1 spiro atoms. The maximum atomic E-state index is 16.1. The predicted molar refractivity (Wildman–Crippen MR) is 564 cm³/mol. The highest BCUT2D eigenvalue weighted by Gasteiger charge is 2.41. The number of ether oxygens (including phenoxy) is 14. The lowest BCUT2D eigenvalue weighted by Gasteiger charge is -2.47. The molecule has 38 heteroatoms. The molecule has 0 radical (unpaired) electrons. The third kappa shape index (κ3) is 44.3. The first-order chi connectivity index (χ1) is 72.6. The number of carbonyl (C=O) groups excluding carboxylic acids is 9. The Kier molecular flexibility index (Phi) is 56.2. The number of carboxylic acid groups (broad SMARTS) is 1. The third-order valence-electron chi connectivity index (χ3n) is 27.3. The molecule has 3 saturated heterocycles. The van der Waals surface area contributed by atoms with E-state index in [0.717, 1.165) is 133 Å². The summed E-state index contributed by atoms with van der Waals surface area (Å²) >= 11 is 0. The molecule has 3 fully saturated rings. The van der Waals surface area contributed by atoms with Crippen LogP contribution in [0.15, 0.2) is 85.2 Å². The fourth-order valence-corrected chi connectivity index (χ4v) is 18.1. The molecule has 3 aliphatic rings. The van der Waals surface area contributed by atoms with E-state index >= 15 is 8.78 Å². The molecule has 150 heavy (non-hydrogen) atoms. The Bertz CT molecular complexity index is 5090. The van der Waals surface area contributed by atoms with E-state index in [9.17, 15) is 47.9 Å². The van der Waals surface area contributed by atoms with Crippen molar-refractivity contribution in [3.05, 3.63) is 125 Å². The number of esters is 1. The van der Waals surface area contributed by atoms with Crippen LogP contribution in [0.1, 0.15) is 246 Å². The SMILES string of the molecule is CCCCCCCCCCCN(C(=O)CCCCCCCCCC(=O)O)C(CCC(=O)NCCOCCOCCOCCOCCOCCOCCOCCOCCOCCOCCOCCOCCC(=O)NCC(C)(C)C(=O)OC(C)(C)c1ccc(C(=O)Nc2cc(F)cc(-c3ncnc4[nH]c(-c5ccc(CCN6CCC7(CC6)CCN(C(=O)c6ccc(OC)c(N8CCC(=O)NC8=O)c6)CC7)cc5)cc34)c2C)c(F)c1)C(C)=O. The lowest BCUT2D eigenvalue weighted by molar-refractivity contribution is -0.168. The van der Waals surface area contributed by atoms with Crippen molar-refractivity contribution in [3.8, 4) is 28.3 Å². The van der Waals surface area contributed by atoms with Crippen molar-refractivity contribution in [3.63, 3.8) is 0 Å². The van der Waals surface area contributed by atoms with E-state index < -0.39 is 52.6 Å². The molecule has 36 nitrogen and oxygen atoms in total. The summed E-state index contributed by atoms with van der Waals surface area (Å²) < 4.78 is 110. The number of nitrogens with one attached hydrogen (secondary N) is 5. The van der Waals surface area contributed by atoms with E-state index in [1.54, 1.807) is 57.7 Å². The minimum Gasteiger partial charge on any atom is -0.495 e. The fourth-order valence-electron chi connectivity index (χ4n) is 18.1. The summed E-state index contributed by atoms with van der Waals surface area (Å²) in [5.41, 5.74) is 3.20. The van der Waals surface area contributed by atoms with Gasteiger partial charge in [0, 0.05) is 106 Å². The van der Waals surface area contributed by atoms with Gasteiger partial charge in [0.05, 0.1) is 194 Å². The number of carbonyl (C=O) groups is 10. The fraction of sp³-hybridized carbons (Fsp3) is 0.643. The van der Waals surface area contributed by atoms with Crippen molar-refractivity contribution < 1.29 is 128 Å². The van der Waals surface area contributed by atoms with Crippen molar-refractivity contribution >= 4 is 81.6 Å². The topological polar surface area (TPSA) is 423 Å². The third-order valence-corrected chi connectivity index (χ3v) is 27.3. The normalized spacial score (nSPS) is 14.1. The lowest BCUT2D eigenvalue weighted by atomic mass is 9.71. The van der Waals surface area contributed by atoms with Crippen LogP contribution in [0.5, 0.6) is 5.75 Å². The van der Waals surface area contributed by atoms with Crippen LogP contribution < -0.4 is 30.9 Å². The monoisotopic (exact) mass is 2100 g/mol. The summed E-state index contributed by atoms with van der Waals surface area (Å²) in [5, 5.41) is 20.2. The maximum absolute atomic E-state index is 16.1. The number of fused-ring (bicyclic) bond motifs is 1. The maximum Gasteiger partial charge on any atom is 0.328 e. The highest BCUT2D eigenvalue weighted by molar-refractivity contribution is 6.08. The Morgan fingerprint density at radius 3 is 1.61 bits per heavy atom. The number of imide groups is 1. The number of aromatic nitrogens is 3. The van der Waals surface area contributed by atoms with Gasteiger partial charge in [-0.1, -0.05) is 121 Å². The number of piperidine rings is 2. The predicted octanol–water partition coefficient (Wildman–Crippen LogP) is 15.5. The van der Waals surface area contributed by atoms with Gasteiger partial charge in [-0.3, -0.25) is 53.4 Å². The van der Waals surface area contributed by atoms with Crippen LogP contribution in [-0.4, -0.2) is 325 Å². The Morgan fingerprint density at radius 2 is 1.08 bits per heavy atom. The number of aromatic amines is 1. The van der Waals surface area contributed by atoms with Crippen molar-refractivity contribution in [2.75, 3.05) is 235 Å². The van der Waals surface area contributed by atoms with Crippen LogP contribution in [0.25, 0.3) is 33.5 Å². The molecule has 4 aromatic carbocycles. The van der Waals surface area contributed by atoms with Crippen LogP contribution >= 0.6 is 0 Å². The summed E-state index contributed by atoms with van der Waals surface area (Å²) in [5.74, 6) is -4.51. The van der Waals surface area contributed by atoms with Gasteiger partial charge in [-0.2, -0.15) is 0 Å². The molecule has 9 rings (SSSR count). The minimum absolute atomic E-state index is 0.0314. The number of H-pyrrole nitrogens is 1. The summed E-state index contributed by atoms with van der Waals surface area (Å²) in [4.78, 5) is 149. The zero-order valence-electron chi connectivity index (χ0n) is 89.8. The van der Waals surface area contributed by atoms with Crippen molar-refractivity contribution in [2.45, 2.75) is 233 Å². The van der Waals surface area contributed by atoms with Gasteiger partial charge in [-0.05, 0) is 189 Å². The number of benzene rings is 4. The van der Waals surface area contributed by atoms with Crippen LogP contribution in [0.2, 0.25) is 0 Å². The Labute approximate surface area is 882 Å². The molecule has 6 N–H and O–H groups in total. The van der Waals surface area contributed by atoms with E-state index in [1.807, 2.05) is 11.0 Å². The zero-order valence-corrected chi connectivity index (χ0v) is 89.8. The molecule has 1 unspecified atom stereocenters. The Hall–Kier alpha value is -10.5. The average molecular weight is 2100 g/mol. The van der Waals surface area contributed by atoms with Crippen molar-refractivity contribution in [1.29, 1.82) is 0 Å². The van der Waals surface area contributed by atoms with E-state index in [-0.39, 0.29) is 123 Å². The zero-order chi connectivity index (χ0) is 108. The minimum atomic E-state index is -1.38. The quantitative estimate of drug-likeness (QED) is 0.0153. The molecule has 3 aliphatic heterocycles. The van der Waals surface area contributed by atoms with Crippen LogP contribution in [-0.2, 0) is 107 Å². The number of unbranched alkanes of at least 4 members (excludes halogenated alkanes) is 14. The van der Waals surface area contributed by atoms with Crippen molar-refractivity contribution in [1.82, 2.24) is 45.6 Å². The number of nitrogens with zero attached hydrogens (tertiary/aromatic N) is 6. The van der Waals surface area contributed by atoms with Crippen molar-refractivity contribution in [2.24, 2.45) is 10.8 Å². The number of amides is 8. The first kappa shape index (κ1) is 123. The number of Topliss-reactive ketones (excluding diaryl/α,β-unsaturated/α-hetero) is 1. The van der Waals surface area contributed by atoms with Gasteiger partial charge in [-0.25, -0.2) is 23.5 Å². The van der Waals surface area contributed by atoms with Gasteiger partial charge in [0.15, 0.2) is 5.78 Å². The van der Waals surface area contributed by atoms with Gasteiger partial charge < -0.3 is 107 Å². The highest BCUT2D eigenvalue weighted by atomic mass is 19.1. The second-order valence-corrected chi connectivity index (χ2v) is 39.6. The van der Waals surface area contributed by atoms with Crippen LogP contribution in [0.4, 0.5) is 25.0 Å². The first-order valence-electron chi connectivity index (χ1n) is 54.0. The number of carboxylic acids is 1. The number of ketones is 1. The molecule has 8 amide bonds. The standard InChI is InChI=1S/C112H165F2N11O25/c1-9-10-11-12-13-14-18-21-24-45-124(102(130)25-22-19-16-15-17-20-23-26-103(131)132)96(84(3)126)34-36-99(127)115-44-53-139-55-57-141-59-61-143-63-65-145-67-69-147-71-73-149-75-74-148-72-70-146-68-66-144-64-62-142-60-58-140-56-54-138-52-39-100(128)116-81-110(4,5)108(135)150-111(6,7)88-32-33-90(93(114)77-88)106(133)120-94-79-89(113)78-91(83(94)2)104-92-80-95(119-105(92)118-82-117-104)86-29-27-85(28-30-86)37-46-122-48-40-112(41-49-122)42-50-123(51-43-112)107(134)87-31-35-98(137-8)97(76-87)125-47-38-101(129)121-109(125)136/h27-33,35,76-80,82,96H,9-26,34,36-75,81H2,1-8H3,(H,115,127)(H,116,128)(H,120,133)(H,131,132)(H,117,118,119)(H,121,129,136). The summed E-state index contributed by atoms with van der Waals surface area (Å²) in [7, 11) is 1.51. The largest absolute Gasteiger partial charge is 0.495 e. The number of anilines is 2. The van der Waals surface area contributed by atoms with Gasteiger partial charge >= 0.3 is 18.0 Å². The van der Waals surface area contributed by atoms with E-state index in [2.05, 4.69) is 72.3 Å². The second kappa shape index (κ2) is 68.5. The summed E-state index contributed by atoms with van der Waals surface area (Å²) in [6.07, 6.45) is 23.8. The van der Waals surface area contributed by atoms with Gasteiger partial charge in [-0.15, -0.1) is 0 Å². The summed E-state index contributed by atoms with van der Waals surface area (Å²) in [6.45, 7) is 25.9. The molecule has 0 saturated carbocycles. The van der Waals surface area contributed by atoms with Crippen LogP contribution in [0.3, 0.4) is 0 Å². The molecular weight excluding hydrogens is 1940 g/mol. The highest BCUT2D eigenvalue weighted by Crippen LogP contribution is 2.43. The molecule has 5 heterocycles. The molecule has 0 aliphatic carbocycles. The Balaban J connectivity index is 0.519. The summed E-state index contributed by atoms with van der Waals surface area (Å²) in [6, 6.07) is 20.5.